The predicted molar refractivity (Wildman–Crippen MR) is 117 cm³/mol. The molecule has 0 radical (unpaired) electrons. The molecule has 4 rings (SSSR count). The summed E-state index contributed by atoms with van der Waals surface area (Å²) in [6.07, 6.45) is 6.48. The first kappa shape index (κ1) is 20.0. The quantitative estimate of drug-likeness (QED) is 0.768. The van der Waals surface area contributed by atoms with Crippen molar-refractivity contribution in [1.82, 2.24) is 10.2 Å². The highest BCUT2D eigenvalue weighted by Crippen LogP contribution is 2.38. The van der Waals surface area contributed by atoms with Gasteiger partial charge in [0.15, 0.2) is 0 Å². The third kappa shape index (κ3) is 4.65. The van der Waals surface area contributed by atoms with E-state index in [1.54, 1.807) is 17.8 Å². The van der Waals surface area contributed by atoms with Gasteiger partial charge in [-0.15, -0.1) is 0 Å². The van der Waals surface area contributed by atoms with Gasteiger partial charge in [-0.3, -0.25) is 9.59 Å². The molecule has 0 atom stereocenters. The fourth-order valence-electron chi connectivity index (χ4n) is 4.06. The molecule has 152 valence electrons. The van der Waals surface area contributed by atoms with Crippen molar-refractivity contribution >= 4 is 29.3 Å². The van der Waals surface area contributed by atoms with Crippen molar-refractivity contribution in [2.24, 2.45) is 0 Å². The number of carbonyl (C=O) groups excluding carboxylic acids is 2. The van der Waals surface area contributed by atoms with Crippen molar-refractivity contribution in [1.29, 1.82) is 0 Å². The van der Waals surface area contributed by atoms with Gasteiger partial charge in [-0.05, 0) is 50.2 Å². The van der Waals surface area contributed by atoms with E-state index in [-0.39, 0.29) is 11.8 Å². The fourth-order valence-corrected chi connectivity index (χ4v) is 5.07. The average Bonchev–Trinajstić information content (AvgIpc) is 2.89. The lowest BCUT2D eigenvalue weighted by atomic mass is 9.94. The zero-order chi connectivity index (χ0) is 20.2. The summed E-state index contributed by atoms with van der Waals surface area (Å²) in [4.78, 5) is 29.4. The number of likely N-dealkylation sites (N-methyl/N-ethyl adjacent to an activating group) is 1. The van der Waals surface area contributed by atoms with Gasteiger partial charge in [0.05, 0.1) is 11.3 Å². The summed E-state index contributed by atoms with van der Waals surface area (Å²) in [6.45, 7) is 1.47. The third-order valence-corrected chi connectivity index (χ3v) is 6.94. The second kappa shape index (κ2) is 9.01. The van der Waals surface area contributed by atoms with E-state index in [0.717, 1.165) is 16.3 Å². The highest BCUT2D eigenvalue weighted by Gasteiger charge is 2.21. The number of hydrogen-bond acceptors (Lipinski definition) is 4. The fraction of sp³-hybridized carbons (Fsp3) is 0.391. The molecular weight excluding hydrogens is 382 g/mol. The molecule has 2 N–H and O–H groups in total. The first-order chi connectivity index (χ1) is 14.1. The number of carbonyl (C=O) groups is 2. The van der Waals surface area contributed by atoms with Crippen molar-refractivity contribution in [3.05, 3.63) is 53.6 Å². The molecule has 6 heteroatoms. The van der Waals surface area contributed by atoms with Crippen LogP contribution in [0, 0.1) is 0 Å². The zero-order valence-electron chi connectivity index (χ0n) is 16.7. The summed E-state index contributed by atoms with van der Waals surface area (Å²) in [5.74, 6) is -0.246. The molecular formula is C23H27N3O2S. The maximum absolute atomic E-state index is 12.6. The molecule has 0 spiro atoms. The number of nitrogens with one attached hydrogen (secondary N) is 2. The van der Waals surface area contributed by atoms with E-state index in [2.05, 4.69) is 22.6 Å². The number of hydrogen-bond donors (Lipinski definition) is 2. The Kier molecular flexibility index (Phi) is 6.21. The minimum Gasteiger partial charge on any atom is -0.351 e. The Balaban J connectivity index is 1.38. The van der Waals surface area contributed by atoms with Crippen LogP contribution in [0.1, 0.15) is 52.8 Å². The number of benzene rings is 2. The lowest BCUT2D eigenvalue weighted by Gasteiger charge is -2.31. The molecule has 0 saturated heterocycles. The van der Waals surface area contributed by atoms with Gasteiger partial charge in [0.2, 0.25) is 0 Å². The zero-order valence-corrected chi connectivity index (χ0v) is 17.6. The summed E-state index contributed by atoms with van der Waals surface area (Å²) in [5.41, 5.74) is 1.91. The van der Waals surface area contributed by atoms with E-state index in [9.17, 15) is 9.59 Å². The first-order valence-corrected chi connectivity index (χ1v) is 11.1. The van der Waals surface area contributed by atoms with Gasteiger partial charge in [-0.1, -0.05) is 43.2 Å². The Morgan fingerprint density at radius 1 is 1.14 bits per heavy atom. The van der Waals surface area contributed by atoms with Crippen LogP contribution < -0.4 is 10.6 Å². The Morgan fingerprint density at radius 2 is 1.93 bits per heavy atom. The normalized spacial score (nSPS) is 16.6. The lowest BCUT2D eigenvalue weighted by Crippen LogP contribution is -2.39. The van der Waals surface area contributed by atoms with Crippen LogP contribution in [0.5, 0.6) is 0 Å². The van der Waals surface area contributed by atoms with Crippen LogP contribution in [-0.2, 0) is 0 Å². The van der Waals surface area contributed by atoms with E-state index >= 15 is 0 Å². The summed E-state index contributed by atoms with van der Waals surface area (Å²) in [7, 11) is 2.15. The van der Waals surface area contributed by atoms with Gasteiger partial charge < -0.3 is 15.5 Å². The van der Waals surface area contributed by atoms with Crippen LogP contribution in [0.3, 0.4) is 0 Å². The monoisotopic (exact) mass is 409 g/mol. The van der Waals surface area contributed by atoms with Crippen LogP contribution in [0.25, 0.3) is 0 Å². The van der Waals surface area contributed by atoms with Crippen LogP contribution in [0.15, 0.2) is 52.3 Å². The molecule has 1 fully saturated rings. The highest BCUT2D eigenvalue weighted by atomic mass is 32.2. The number of anilines is 1. The van der Waals surface area contributed by atoms with Crippen LogP contribution in [0.2, 0.25) is 0 Å². The van der Waals surface area contributed by atoms with Crippen molar-refractivity contribution in [3.8, 4) is 0 Å². The van der Waals surface area contributed by atoms with Gasteiger partial charge in [-0.25, -0.2) is 0 Å². The van der Waals surface area contributed by atoms with Crippen molar-refractivity contribution < 1.29 is 9.59 Å². The molecule has 0 unspecified atom stereocenters. The number of amides is 2. The van der Waals surface area contributed by atoms with E-state index < -0.39 is 0 Å². The molecule has 2 aliphatic rings. The molecule has 1 heterocycles. The Morgan fingerprint density at radius 3 is 2.76 bits per heavy atom. The highest BCUT2D eigenvalue weighted by molar-refractivity contribution is 7.99. The third-order valence-electron chi connectivity index (χ3n) is 5.79. The number of rotatable bonds is 5. The molecule has 1 saturated carbocycles. The van der Waals surface area contributed by atoms with E-state index in [4.69, 9.17) is 0 Å². The van der Waals surface area contributed by atoms with Gasteiger partial charge in [0, 0.05) is 34.5 Å². The van der Waals surface area contributed by atoms with Gasteiger partial charge in [0.1, 0.15) is 0 Å². The topological polar surface area (TPSA) is 61.4 Å². The minimum absolute atomic E-state index is 0.106. The average molecular weight is 410 g/mol. The summed E-state index contributed by atoms with van der Waals surface area (Å²) < 4.78 is 0. The van der Waals surface area contributed by atoms with Gasteiger partial charge >= 0.3 is 0 Å². The summed E-state index contributed by atoms with van der Waals surface area (Å²) in [5, 5.41) is 5.96. The molecule has 1 aliphatic heterocycles. The number of fused-ring (bicyclic) bond motifs is 2. The predicted octanol–water partition coefficient (Wildman–Crippen LogP) is 4.40. The SMILES string of the molecule is CN(CCNC(=O)c1ccc2c(c1)NC(=O)c1ccccc1S2)C1CCCCC1. The first-order valence-electron chi connectivity index (χ1n) is 10.3. The standard InChI is InChI=1S/C23H27N3O2S/c1-26(17-7-3-2-4-8-17)14-13-24-22(27)16-11-12-21-19(15-16)25-23(28)18-9-5-6-10-20(18)29-21/h5-6,9-12,15,17H,2-4,7-8,13-14H2,1H3,(H,24,27)(H,25,28). The van der Waals surface area contributed by atoms with Crippen LogP contribution >= 0.6 is 11.8 Å². The molecule has 0 bridgehead atoms. The number of nitrogens with zero attached hydrogens (tertiary/aromatic N) is 1. The Hall–Kier alpha value is -2.31. The van der Waals surface area contributed by atoms with Crippen molar-refractivity contribution in [3.63, 3.8) is 0 Å². The molecule has 5 nitrogen and oxygen atoms in total. The maximum Gasteiger partial charge on any atom is 0.256 e. The molecule has 2 amide bonds. The molecule has 2 aromatic carbocycles. The van der Waals surface area contributed by atoms with Crippen molar-refractivity contribution in [2.75, 3.05) is 25.5 Å². The minimum atomic E-state index is -0.140. The molecule has 2 aromatic rings. The van der Waals surface area contributed by atoms with Gasteiger partial charge in [-0.2, -0.15) is 0 Å². The lowest BCUT2D eigenvalue weighted by molar-refractivity contribution is 0.0943. The second-order valence-electron chi connectivity index (χ2n) is 7.79. The van der Waals surface area contributed by atoms with Gasteiger partial charge in [0.25, 0.3) is 11.8 Å². The second-order valence-corrected chi connectivity index (χ2v) is 8.88. The molecule has 1 aliphatic carbocycles. The van der Waals surface area contributed by atoms with E-state index in [1.807, 2.05) is 36.4 Å². The molecule has 0 aromatic heterocycles. The smallest absolute Gasteiger partial charge is 0.256 e. The Labute approximate surface area is 176 Å². The Bertz CT molecular complexity index is 909. The van der Waals surface area contributed by atoms with E-state index in [1.165, 1.54) is 32.1 Å². The van der Waals surface area contributed by atoms with Crippen LogP contribution in [-0.4, -0.2) is 42.9 Å². The summed E-state index contributed by atoms with van der Waals surface area (Å²) >= 11 is 1.54. The molecule has 29 heavy (non-hydrogen) atoms. The largest absolute Gasteiger partial charge is 0.351 e. The summed E-state index contributed by atoms with van der Waals surface area (Å²) in [6, 6.07) is 13.7. The van der Waals surface area contributed by atoms with Crippen molar-refractivity contribution in [2.45, 2.75) is 47.9 Å². The van der Waals surface area contributed by atoms with E-state index in [0.29, 0.717) is 29.4 Å². The van der Waals surface area contributed by atoms with Crippen LogP contribution in [0.4, 0.5) is 5.69 Å². The maximum atomic E-state index is 12.6.